The van der Waals surface area contributed by atoms with Crippen molar-refractivity contribution in [2.24, 2.45) is 7.05 Å². The zero-order valence-electron chi connectivity index (χ0n) is 10.9. The van der Waals surface area contributed by atoms with Gasteiger partial charge in [0.1, 0.15) is 6.61 Å². The Balaban J connectivity index is 2.26. The largest absolute Gasteiger partial charge is 0.484 e. The van der Waals surface area contributed by atoms with Crippen molar-refractivity contribution in [3.63, 3.8) is 0 Å². The van der Waals surface area contributed by atoms with Gasteiger partial charge in [-0.3, -0.25) is 4.68 Å². The number of rotatable bonds is 3. The van der Waals surface area contributed by atoms with Crippen LogP contribution in [0.15, 0.2) is 12.1 Å². The van der Waals surface area contributed by atoms with Crippen molar-refractivity contribution in [2.75, 3.05) is 5.73 Å². The van der Waals surface area contributed by atoms with E-state index >= 15 is 0 Å². The van der Waals surface area contributed by atoms with Gasteiger partial charge in [-0.2, -0.15) is 10.4 Å². The molecule has 0 aliphatic carbocycles. The van der Waals surface area contributed by atoms with E-state index in [1.807, 2.05) is 14.0 Å². The Kier molecular flexibility index (Phi) is 4.40. The highest BCUT2D eigenvalue weighted by molar-refractivity contribution is 14.1. The summed E-state index contributed by atoms with van der Waals surface area (Å²) in [5, 5.41) is 13.7. The van der Waals surface area contributed by atoms with Gasteiger partial charge in [-0.05, 0) is 41.6 Å². The second-order valence-corrected chi connectivity index (χ2v) is 5.79. The second-order valence-electron chi connectivity index (χ2n) is 4.25. The van der Waals surface area contributed by atoms with Gasteiger partial charge in [-0.1, -0.05) is 11.6 Å². The van der Waals surface area contributed by atoms with Crippen LogP contribution in [-0.2, 0) is 13.7 Å². The zero-order chi connectivity index (χ0) is 14.9. The lowest BCUT2D eigenvalue weighted by Gasteiger charge is -2.11. The highest BCUT2D eigenvalue weighted by Crippen LogP contribution is 2.31. The molecule has 0 aliphatic rings. The summed E-state index contributed by atoms with van der Waals surface area (Å²) in [6.45, 7) is 2.11. The molecule has 104 valence electrons. The molecule has 0 spiro atoms. The molecule has 0 amide bonds. The number of hydrogen-bond donors (Lipinski definition) is 1. The summed E-state index contributed by atoms with van der Waals surface area (Å²) in [7, 11) is 1.81. The minimum absolute atomic E-state index is 0.266. The van der Waals surface area contributed by atoms with Crippen molar-refractivity contribution in [3.05, 3.63) is 37.7 Å². The first kappa shape index (κ1) is 14.9. The van der Waals surface area contributed by atoms with Crippen LogP contribution in [0.4, 0.5) is 5.69 Å². The molecule has 1 aromatic carbocycles. The van der Waals surface area contributed by atoms with Gasteiger partial charge in [0.05, 0.1) is 37.3 Å². The lowest BCUT2D eigenvalue weighted by Crippen LogP contribution is -2.06. The third-order valence-electron chi connectivity index (χ3n) is 2.82. The minimum atomic E-state index is 0.266. The van der Waals surface area contributed by atoms with E-state index in [4.69, 9.17) is 27.3 Å². The van der Waals surface area contributed by atoms with Crippen LogP contribution in [0.25, 0.3) is 0 Å². The Labute approximate surface area is 135 Å². The first-order valence-corrected chi connectivity index (χ1v) is 7.19. The van der Waals surface area contributed by atoms with Crippen LogP contribution in [-0.4, -0.2) is 9.78 Å². The van der Waals surface area contributed by atoms with Crippen LogP contribution >= 0.6 is 34.2 Å². The molecule has 2 aromatic rings. The number of nitrogen functional groups attached to an aromatic ring is 1. The van der Waals surface area contributed by atoms with Gasteiger partial charge in [0.15, 0.2) is 5.75 Å². The summed E-state index contributed by atoms with van der Waals surface area (Å²) in [4.78, 5) is 0. The first-order valence-electron chi connectivity index (χ1n) is 5.74. The molecule has 20 heavy (non-hydrogen) atoms. The summed E-state index contributed by atoms with van der Waals surface area (Å²) < 4.78 is 8.21. The predicted octanol–water partition coefficient (Wildman–Crippen LogP) is 3.02. The summed E-state index contributed by atoms with van der Waals surface area (Å²) >= 11 is 8.26. The molecule has 1 aromatic heterocycles. The molecule has 0 saturated heterocycles. The van der Waals surface area contributed by atoms with Crippen molar-refractivity contribution < 1.29 is 4.74 Å². The fourth-order valence-electron chi connectivity index (χ4n) is 1.81. The highest BCUT2D eigenvalue weighted by atomic mass is 127. The van der Waals surface area contributed by atoms with E-state index in [0.29, 0.717) is 22.0 Å². The summed E-state index contributed by atoms with van der Waals surface area (Å²) in [5.74, 6) is 0.555. The number of nitrogens with two attached hydrogens (primary N) is 1. The Bertz CT molecular complexity index is 682. The number of hydrogen-bond acceptors (Lipinski definition) is 4. The van der Waals surface area contributed by atoms with E-state index in [2.05, 4.69) is 33.8 Å². The van der Waals surface area contributed by atoms with Gasteiger partial charge in [-0.25, -0.2) is 0 Å². The maximum Gasteiger partial charge on any atom is 0.156 e. The number of nitriles is 1. The maximum absolute atomic E-state index is 8.88. The zero-order valence-corrected chi connectivity index (χ0v) is 13.9. The fraction of sp³-hybridized carbons (Fsp3) is 0.231. The number of benzene rings is 1. The Hall–Kier alpha value is -1.46. The van der Waals surface area contributed by atoms with Gasteiger partial charge < -0.3 is 10.5 Å². The smallest absolute Gasteiger partial charge is 0.156 e. The number of ether oxygens (including phenoxy) is 1. The van der Waals surface area contributed by atoms with E-state index in [9.17, 15) is 0 Å². The van der Waals surface area contributed by atoms with Crippen LogP contribution in [0.5, 0.6) is 5.75 Å². The van der Waals surface area contributed by atoms with Crippen LogP contribution in [0.1, 0.15) is 17.0 Å². The van der Waals surface area contributed by atoms with Gasteiger partial charge in [0, 0.05) is 7.05 Å². The normalized spacial score (nSPS) is 10.3. The van der Waals surface area contributed by atoms with E-state index in [-0.39, 0.29) is 6.61 Å². The molecule has 0 atom stereocenters. The number of nitrogens with zero attached hydrogens (tertiary/aromatic N) is 3. The molecule has 0 bridgehead atoms. The summed E-state index contributed by atoms with van der Waals surface area (Å²) in [5.41, 5.74) is 8.39. The van der Waals surface area contributed by atoms with Gasteiger partial charge in [0.2, 0.25) is 0 Å². The minimum Gasteiger partial charge on any atom is -0.484 e. The summed E-state index contributed by atoms with van der Waals surface area (Å²) in [6.07, 6.45) is 0. The molecule has 0 radical (unpaired) electrons. The molecule has 2 N–H and O–H groups in total. The third-order valence-corrected chi connectivity index (χ3v) is 4.11. The van der Waals surface area contributed by atoms with Crippen molar-refractivity contribution in [3.8, 4) is 11.8 Å². The molecular formula is C13H12ClIN4O. The lowest BCUT2D eigenvalue weighted by atomic mass is 10.2. The molecular weight excluding hydrogens is 391 g/mol. The average Bonchev–Trinajstić information content (AvgIpc) is 2.63. The molecule has 0 unspecified atom stereocenters. The van der Waals surface area contributed by atoms with E-state index in [1.54, 1.807) is 16.8 Å². The van der Waals surface area contributed by atoms with Gasteiger partial charge in [-0.15, -0.1) is 0 Å². The predicted molar refractivity (Wildman–Crippen MR) is 85.6 cm³/mol. The molecule has 0 aliphatic heterocycles. The Morgan fingerprint density at radius 1 is 1.55 bits per heavy atom. The average molecular weight is 403 g/mol. The van der Waals surface area contributed by atoms with Crippen molar-refractivity contribution in [1.29, 1.82) is 5.26 Å². The topological polar surface area (TPSA) is 76.9 Å². The van der Waals surface area contributed by atoms with Crippen LogP contribution in [0.3, 0.4) is 0 Å². The highest BCUT2D eigenvalue weighted by Gasteiger charge is 2.14. The molecule has 0 fully saturated rings. The van der Waals surface area contributed by atoms with Crippen LogP contribution in [0.2, 0.25) is 5.02 Å². The van der Waals surface area contributed by atoms with Crippen LogP contribution < -0.4 is 10.5 Å². The molecule has 1 heterocycles. The summed E-state index contributed by atoms with van der Waals surface area (Å²) in [6, 6.07) is 5.37. The first-order chi connectivity index (χ1) is 9.43. The molecule has 2 rings (SSSR count). The van der Waals surface area contributed by atoms with E-state index < -0.39 is 0 Å². The fourth-order valence-corrected chi connectivity index (χ4v) is 2.83. The van der Waals surface area contributed by atoms with E-state index in [1.165, 1.54) is 0 Å². The SMILES string of the molecule is Cc1nn(C)c(COc2c(N)cc(C#N)cc2I)c1Cl. The Morgan fingerprint density at radius 2 is 2.25 bits per heavy atom. The van der Waals surface area contributed by atoms with Crippen molar-refractivity contribution in [2.45, 2.75) is 13.5 Å². The van der Waals surface area contributed by atoms with Gasteiger partial charge >= 0.3 is 0 Å². The standard InChI is InChI=1S/C13H12ClIN4O/c1-7-12(14)11(19(2)18-7)6-20-13-9(15)3-8(5-16)4-10(13)17/h3-4H,6,17H2,1-2H3. The van der Waals surface area contributed by atoms with E-state index in [0.717, 1.165) is 15.0 Å². The second kappa shape index (κ2) is 5.89. The monoisotopic (exact) mass is 402 g/mol. The van der Waals surface area contributed by atoms with Crippen molar-refractivity contribution in [1.82, 2.24) is 9.78 Å². The maximum atomic E-state index is 8.88. The third kappa shape index (κ3) is 2.83. The van der Waals surface area contributed by atoms with Crippen molar-refractivity contribution >= 4 is 39.9 Å². The number of anilines is 1. The molecule has 0 saturated carbocycles. The Morgan fingerprint density at radius 3 is 2.75 bits per heavy atom. The lowest BCUT2D eigenvalue weighted by molar-refractivity contribution is 0.294. The number of aryl methyl sites for hydroxylation is 2. The number of aromatic nitrogens is 2. The van der Waals surface area contributed by atoms with Gasteiger partial charge in [0.25, 0.3) is 0 Å². The number of halogens is 2. The van der Waals surface area contributed by atoms with Crippen LogP contribution in [0, 0.1) is 21.8 Å². The quantitative estimate of drug-likeness (QED) is 0.632. The molecule has 7 heteroatoms. The molecule has 5 nitrogen and oxygen atoms in total.